The largest absolute Gasteiger partial charge is 0.507 e. The molecule has 0 aromatic heterocycles. The van der Waals surface area contributed by atoms with Crippen LogP contribution in [0.4, 0.5) is 18.9 Å². The molecular weight excluding hydrogens is 499 g/mol. The summed E-state index contributed by atoms with van der Waals surface area (Å²) in [5.41, 5.74) is -0.0699. The number of carbonyl (C=O) groups excluding carboxylic acids is 2. The molecule has 0 saturated carbocycles. The number of benzene rings is 3. The van der Waals surface area contributed by atoms with Crippen LogP contribution < -0.4 is 4.72 Å². The highest BCUT2D eigenvalue weighted by atomic mass is 32.2. The van der Waals surface area contributed by atoms with Gasteiger partial charge < -0.3 is 9.84 Å². The van der Waals surface area contributed by atoms with Gasteiger partial charge in [-0.25, -0.2) is 8.42 Å². The highest BCUT2D eigenvalue weighted by Gasteiger charge is 2.49. The zero-order valence-corrected chi connectivity index (χ0v) is 20.4. The van der Waals surface area contributed by atoms with Gasteiger partial charge in [0.25, 0.3) is 15.8 Å². The standard InChI is InChI=1S/C25H24F3NO6S/c1-4-15-9-11-16(12-10-15)36(33,34)29-20-13-19(22(30)18-8-6-5-7-17(18)20)21(23(31)25(26,27)28)24(32)35-14(2)3/h5-14,21,29-30H,4H2,1-3H3. The number of aryl methyl sites for hydroxylation is 1. The van der Waals surface area contributed by atoms with Gasteiger partial charge in [0, 0.05) is 16.3 Å². The minimum absolute atomic E-state index is 0.0636. The van der Waals surface area contributed by atoms with Crippen LogP contribution in [0.5, 0.6) is 5.75 Å². The fourth-order valence-corrected chi connectivity index (χ4v) is 4.70. The lowest BCUT2D eigenvalue weighted by Gasteiger charge is -2.21. The molecule has 36 heavy (non-hydrogen) atoms. The topological polar surface area (TPSA) is 110 Å². The average molecular weight is 524 g/mol. The van der Waals surface area contributed by atoms with E-state index in [1.54, 1.807) is 12.1 Å². The Bertz CT molecular complexity index is 1400. The lowest BCUT2D eigenvalue weighted by Crippen LogP contribution is -2.35. The van der Waals surface area contributed by atoms with Crippen LogP contribution in [0.3, 0.4) is 0 Å². The average Bonchev–Trinajstić information content (AvgIpc) is 2.80. The minimum atomic E-state index is -5.43. The summed E-state index contributed by atoms with van der Waals surface area (Å²) in [6.07, 6.45) is -5.60. The molecule has 11 heteroatoms. The molecule has 0 fully saturated rings. The number of aromatic hydroxyl groups is 1. The van der Waals surface area contributed by atoms with Gasteiger partial charge in [-0.3, -0.25) is 14.3 Å². The number of hydrogen-bond donors (Lipinski definition) is 2. The van der Waals surface area contributed by atoms with Crippen LogP contribution in [-0.4, -0.2) is 37.6 Å². The molecule has 0 spiro atoms. The number of ether oxygens (including phenoxy) is 1. The fraction of sp³-hybridized carbons (Fsp3) is 0.280. The number of hydrogen-bond acceptors (Lipinski definition) is 6. The van der Waals surface area contributed by atoms with Crippen LogP contribution in [0.2, 0.25) is 0 Å². The highest BCUT2D eigenvalue weighted by molar-refractivity contribution is 7.92. The van der Waals surface area contributed by atoms with Gasteiger partial charge in [-0.15, -0.1) is 0 Å². The Kier molecular flexibility index (Phi) is 7.63. The molecule has 3 aromatic carbocycles. The van der Waals surface area contributed by atoms with E-state index < -0.39 is 51.3 Å². The van der Waals surface area contributed by atoms with Crippen molar-refractivity contribution in [2.75, 3.05) is 4.72 Å². The Morgan fingerprint density at radius 2 is 1.61 bits per heavy atom. The molecule has 0 heterocycles. The monoisotopic (exact) mass is 523 g/mol. The van der Waals surface area contributed by atoms with Crippen molar-refractivity contribution in [3.63, 3.8) is 0 Å². The first-order chi connectivity index (χ1) is 16.8. The Morgan fingerprint density at radius 3 is 2.14 bits per heavy atom. The molecule has 0 aliphatic rings. The van der Waals surface area contributed by atoms with Gasteiger partial charge in [-0.1, -0.05) is 43.3 Å². The summed E-state index contributed by atoms with van der Waals surface area (Å²) < 4.78 is 73.6. The van der Waals surface area contributed by atoms with Crippen molar-refractivity contribution in [2.24, 2.45) is 0 Å². The van der Waals surface area contributed by atoms with Crippen LogP contribution in [0.1, 0.15) is 37.8 Å². The maximum absolute atomic E-state index is 13.4. The summed E-state index contributed by atoms with van der Waals surface area (Å²) in [5, 5.41) is 10.9. The van der Waals surface area contributed by atoms with E-state index in [-0.39, 0.29) is 21.4 Å². The number of alkyl halides is 3. The number of anilines is 1. The maximum Gasteiger partial charge on any atom is 0.451 e. The van der Waals surface area contributed by atoms with Crippen LogP contribution in [0, 0.1) is 0 Å². The van der Waals surface area contributed by atoms with E-state index in [1.807, 2.05) is 6.92 Å². The number of sulfonamides is 1. The number of phenolic OH excluding ortho intramolecular Hbond substituents is 1. The third-order valence-corrected chi connectivity index (χ3v) is 6.75. The van der Waals surface area contributed by atoms with Crippen molar-refractivity contribution in [1.29, 1.82) is 0 Å². The van der Waals surface area contributed by atoms with Crippen molar-refractivity contribution < 1.29 is 41.0 Å². The highest BCUT2D eigenvalue weighted by Crippen LogP contribution is 2.41. The number of fused-ring (bicyclic) bond motifs is 1. The summed E-state index contributed by atoms with van der Waals surface area (Å²) in [4.78, 5) is 24.8. The number of halogens is 3. The fourth-order valence-electron chi connectivity index (χ4n) is 3.63. The zero-order valence-electron chi connectivity index (χ0n) is 19.6. The molecule has 0 aliphatic heterocycles. The van der Waals surface area contributed by atoms with E-state index in [9.17, 15) is 36.3 Å². The Balaban J connectivity index is 2.22. The maximum atomic E-state index is 13.4. The molecule has 192 valence electrons. The van der Waals surface area contributed by atoms with E-state index in [0.717, 1.165) is 11.6 Å². The number of Topliss-reactive ketones (excluding diaryl/α,β-unsaturated/α-hetero) is 1. The SMILES string of the molecule is CCc1ccc(S(=O)(=O)Nc2cc(C(C(=O)OC(C)C)C(=O)C(F)(F)F)c(O)c3ccccc23)cc1. The van der Waals surface area contributed by atoms with E-state index in [0.29, 0.717) is 6.42 Å². The zero-order chi connectivity index (χ0) is 26.8. The number of rotatable bonds is 8. The Morgan fingerprint density at radius 1 is 1.03 bits per heavy atom. The van der Waals surface area contributed by atoms with Crippen LogP contribution >= 0.6 is 0 Å². The summed E-state index contributed by atoms with van der Waals surface area (Å²) in [5.74, 6) is -7.32. The third kappa shape index (κ3) is 5.62. The molecule has 0 radical (unpaired) electrons. The predicted octanol–water partition coefficient (Wildman–Crippen LogP) is 5.08. The van der Waals surface area contributed by atoms with E-state index >= 15 is 0 Å². The van der Waals surface area contributed by atoms with Gasteiger partial charge in [0.05, 0.1) is 16.7 Å². The van der Waals surface area contributed by atoms with Crippen LogP contribution in [0.15, 0.2) is 59.5 Å². The number of carbonyl (C=O) groups is 2. The quantitative estimate of drug-likeness (QED) is 0.242. The molecule has 0 aliphatic carbocycles. The van der Waals surface area contributed by atoms with Crippen molar-refractivity contribution in [3.8, 4) is 5.75 Å². The lowest BCUT2D eigenvalue weighted by atomic mass is 9.90. The van der Waals surface area contributed by atoms with Crippen molar-refractivity contribution in [2.45, 2.75) is 50.3 Å². The second kappa shape index (κ2) is 10.2. The smallest absolute Gasteiger partial charge is 0.451 e. The van der Waals surface area contributed by atoms with E-state index in [2.05, 4.69) is 4.72 Å². The van der Waals surface area contributed by atoms with E-state index in [1.165, 1.54) is 50.2 Å². The summed E-state index contributed by atoms with van der Waals surface area (Å²) in [7, 11) is -4.23. The summed E-state index contributed by atoms with van der Waals surface area (Å²) in [6, 6.07) is 12.6. The first-order valence-electron chi connectivity index (χ1n) is 10.9. The van der Waals surface area contributed by atoms with Gasteiger partial charge in [-0.05, 0) is 44.0 Å². The van der Waals surface area contributed by atoms with Gasteiger partial charge in [-0.2, -0.15) is 13.2 Å². The van der Waals surface area contributed by atoms with Gasteiger partial charge in [0.1, 0.15) is 5.75 Å². The number of esters is 1. The van der Waals surface area contributed by atoms with Gasteiger partial charge in [0.2, 0.25) is 0 Å². The Labute approximate surface area is 205 Å². The molecule has 7 nitrogen and oxygen atoms in total. The van der Waals surface area contributed by atoms with Crippen LogP contribution in [0.25, 0.3) is 10.8 Å². The third-order valence-electron chi connectivity index (χ3n) is 5.37. The molecule has 1 atom stereocenters. The summed E-state index contributed by atoms with van der Waals surface area (Å²) in [6.45, 7) is 4.67. The van der Waals surface area contributed by atoms with Crippen LogP contribution in [-0.2, 0) is 30.8 Å². The molecule has 0 amide bonds. The first kappa shape index (κ1) is 27.0. The molecule has 1 unspecified atom stereocenters. The predicted molar refractivity (Wildman–Crippen MR) is 127 cm³/mol. The normalized spacial score (nSPS) is 13.0. The Hall–Kier alpha value is -3.60. The van der Waals surface area contributed by atoms with Crippen molar-refractivity contribution >= 4 is 38.2 Å². The summed E-state index contributed by atoms with van der Waals surface area (Å²) >= 11 is 0. The van der Waals surface area contributed by atoms with Gasteiger partial charge >= 0.3 is 12.1 Å². The lowest BCUT2D eigenvalue weighted by molar-refractivity contribution is -0.178. The minimum Gasteiger partial charge on any atom is -0.507 e. The van der Waals surface area contributed by atoms with Gasteiger partial charge in [0.15, 0.2) is 5.92 Å². The molecule has 3 aromatic rings. The second-order valence-electron chi connectivity index (χ2n) is 8.29. The second-order valence-corrected chi connectivity index (χ2v) is 9.97. The first-order valence-corrected chi connectivity index (χ1v) is 12.4. The molecule has 2 N–H and O–H groups in total. The molecule has 3 rings (SSSR count). The number of ketones is 1. The van der Waals surface area contributed by atoms with Crippen molar-refractivity contribution in [1.82, 2.24) is 0 Å². The van der Waals surface area contributed by atoms with E-state index in [4.69, 9.17) is 4.74 Å². The number of nitrogens with one attached hydrogen (secondary N) is 1. The molecule has 0 saturated heterocycles. The van der Waals surface area contributed by atoms with Crippen molar-refractivity contribution in [3.05, 3.63) is 65.7 Å². The molecule has 0 bridgehead atoms. The number of phenols is 1. The molecular formula is C25H24F3NO6S.